The Hall–Kier alpha value is -0.310. The van der Waals surface area contributed by atoms with Crippen molar-refractivity contribution in [3.8, 4) is 0 Å². The van der Waals surface area contributed by atoms with Crippen molar-refractivity contribution >= 4 is 21.8 Å². The van der Waals surface area contributed by atoms with Crippen molar-refractivity contribution < 1.29 is 9.59 Å². The zero-order chi connectivity index (χ0) is 14.2. The van der Waals surface area contributed by atoms with E-state index in [-0.39, 0.29) is 21.8 Å². The highest BCUT2D eigenvalue weighted by atomic mass is 32.2. The summed E-state index contributed by atoms with van der Waals surface area (Å²) in [6, 6.07) is 0. The topological polar surface area (TPSA) is 34.1 Å². The van der Waals surface area contributed by atoms with E-state index in [2.05, 4.69) is 0 Å². The van der Waals surface area contributed by atoms with Gasteiger partial charge in [0.2, 0.25) is 0 Å². The summed E-state index contributed by atoms with van der Waals surface area (Å²) in [5.41, 5.74) is 0. The molecule has 0 bridgehead atoms. The highest BCUT2D eigenvalue weighted by Crippen LogP contribution is 2.27. The van der Waals surface area contributed by atoms with Gasteiger partial charge in [0.05, 0.1) is 10.9 Å². The quantitative estimate of drug-likeness (QED) is 0.538. The molecule has 1 saturated heterocycles. The molecule has 1 saturated carbocycles. The first-order valence-corrected chi connectivity index (χ1v) is 10.0. The van der Waals surface area contributed by atoms with Gasteiger partial charge in [-0.2, -0.15) is 0 Å². The molecule has 1 heterocycles. The molecule has 0 spiro atoms. The molecule has 0 aromatic heterocycles. The van der Waals surface area contributed by atoms with Gasteiger partial charge < -0.3 is 0 Å². The molecule has 0 aromatic rings. The molecule has 20 heavy (non-hydrogen) atoms. The van der Waals surface area contributed by atoms with E-state index in [1.54, 1.807) is 0 Å². The SMILES string of the molecule is O=C1CCCCCC[S+](C2CCCCCCCC2)C1=O. The maximum atomic E-state index is 12.5. The van der Waals surface area contributed by atoms with Crippen LogP contribution >= 0.6 is 0 Å². The van der Waals surface area contributed by atoms with Crippen LogP contribution < -0.4 is 0 Å². The van der Waals surface area contributed by atoms with Crippen LogP contribution in [0.5, 0.6) is 0 Å². The smallest absolute Gasteiger partial charge is 0.285 e. The molecule has 2 fully saturated rings. The Labute approximate surface area is 126 Å². The van der Waals surface area contributed by atoms with Gasteiger partial charge in [-0.25, -0.2) is 4.79 Å². The summed E-state index contributed by atoms with van der Waals surface area (Å²) in [7, 11) is -0.260. The minimum Gasteiger partial charge on any atom is -0.285 e. The predicted molar refractivity (Wildman–Crippen MR) is 86.1 cm³/mol. The van der Waals surface area contributed by atoms with Gasteiger partial charge in [-0.15, -0.1) is 0 Å². The third-order valence-corrected chi connectivity index (χ3v) is 7.40. The lowest BCUT2D eigenvalue weighted by Gasteiger charge is -2.16. The maximum absolute atomic E-state index is 12.5. The summed E-state index contributed by atoms with van der Waals surface area (Å²) in [5.74, 6) is 0.935. The zero-order valence-electron chi connectivity index (χ0n) is 12.7. The number of rotatable bonds is 1. The van der Waals surface area contributed by atoms with Gasteiger partial charge in [-0.1, -0.05) is 32.1 Å². The van der Waals surface area contributed by atoms with Crippen molar-refractivity contribution in [3.63, 3.8) is 0 Å². The zero-order valence-corrected chi connectivity index (χ0v) is 13.5. The lowest BCUT2D eigenvalue weighted by Crippen LogP contribution is -2.35. The minimum absolute atomic E-state index is 0.0103. The second-order valence-electron chi connectivity index (χ2n) is 6.33. The number of hydrogen-bond donors (Lipinski definition) is 0. The van der Waals surface area contributed by atoms with Gasteiger partial charge in [0.1, 0.15) is 11.0 Å². The monoisotopic (exact) mass is 297 g/mol. The second-order valence-corrected chi connectivity index (χ2v) is 8.63. The van der Waals surface area contributed by atoms with Crippen LogP contribution in [-0.2, 0) is 20.5 Å². The number of Topliss-reactive ketones (excluding diaryl/α,β-unsaturated/α-hetero) is 1. The molecular weight excluding hydrogens is 268 g/mol. The first-order chi connectivity index (χ1) is 9.79. The summed E-state index contributed by atoms with van der Waals surface area (Å²) in [5, 5.41) is 0.527. The number of carbonyl (C=O) groups is 2. The molecule has 1 unspecified atom stereocenters. The number of hydrogen-bond acceptors (Lipinski definition) is 2. The van der Waals surface area contributed by atoms with Crippen molar-refractivity contribution in [1.82, 2.24) is 0 Å². The van der Waals surface area contributed by atoms with Crippen LogP contribution in [0.2, 0.25) is 0 Å². The van der Waals surface area contributed by atoms with Crippen LogP contribution in [0, 0.1) is 0 Å². The van der Waals surface area contributed by atoms with E-state index in [0.717, 1.165) is 25.0 Å². The van der Waals surface area contributed by atoms with Crippen LogP contribution in [0.15, 0.2) is 0 Å². The van der Waals surface area contributed by atoms with Gasteiger partial charge in [-0.05, 0) is 44.9 Å². The van der Waals surface area contributed by atoms with E-state index >= 15 is 0 Å². The number of ketones is 1. The van der Waals surface area contributed by atoms with Crippen molar-refractivity contribution in [2.24, 2.45) is 0 Å². The highest BCUT2D eigenvalue weighted by Gasteiger charge is 2.41. The molecule has 1 aliphatic heterocycles. The maximum Gasteiger partial charge on any atom is 0.397 e. The van der Waals surface area contributed by atoms with Crippen molar-refractivity contribution in [1.29, 1.82) is 0 Å². The number of carbonyl (C=O) groups excluding carboxylic acids is 2. The van der Waals surface area contributed by atoms with Crippen molar-refractivity contribution in [3.05, 3.63) is 0 Å². The predicted octanol–water partition coefficient (Wildman–Crippen LogP) is 4.17. The van der Waals surface area contributed by atoms with Crippen molar-refractivity contribution in [2.45, 2.75) is 88.7 Å². The van der Waals surface area contributed by atoms with E-state index in [9.17, 15) is 9.59 Å². The fraction of sp³-hybridized carbons (Fsp3) is 0.882. The van der Waals surface area contributed by atoms with Gasteiger partial charge in [0.15, 0.2) is 0 Å². The van der Waals surface area contributed by atoms with Crippen LogP contribution in [-0.4, -0.2) is 21.9 Å². The molecule has 0 N–H and O–H groups in total. The summed E-state index contributed by atoms with van der Waals surface area (Å²) >= 11 is 0. The van der Waals surface area contributed by atoms with Crippen LogP contribution in [0.3, 0.4) is 0 Å². The first kappa shape index (κ1) is 16.1. The first-order valence-electron chi connectivity index (χ1n) is 8.56. The van der Waals surface area contributed by atoms with E-state index in [1.165, 1.54) is 57.8 Å². The summed E-state index contributed by atoms with van der Waals surface area (Å²) in [6.45, 7) is 0. The molecule has 0 amide bonds. The lowest BCUT2D eigenvalue weighted by atomic mass is 10.1. The Kier molecular flexibility index (Phi) is 7.12. The van der Waals surface area contributed by atoms with Crippen LogP contribution in [0.1, 0.15) is 83.5 Å². The largest absolute Gasteiger partial charge is 0.397 e. The fourth-order valence-corrected chi connectivity index (χ4v) is 6.07. The lowest BCUT2D eigenvalue weighted by molar-refractivity contribution is -0.131. The molecule has 2 nitrogen and oxygen atoms in total. The second kappa shape index (κ2) is 8.86. The van der Waals surface area contributed by atoms with Crippen LogP contribution in [0.25, 0.3) is 0 Å². The summed E-state index contributed by atoms with van der Waals surface area (Å²) < 4.78 is 0. The molecule has 2 aliphatic rings. The molecule has 3 heteroatoms. The summed E-state index contributed by atoms with van der Waals surface area (Å²) in [4.78, 5) is 24.5. The van der Waals surface area contributed by atoms with Gasteiger partial charge in [0.25, 0.3) is 5.78 Å². The Balaban J connectivity index is 2.03. The Bertz CT molecular complexity index is 317. The van der Waals surface area contributed by atoms with Crippen LogP contribution in [0.4, 0.5) is 0 Å². The third-order valence-electron chi connectivity index (χ3n) is 4.69. The Morgan fingerprint density at radius 1 is 0.700 bits per heavy atom. The van der Waals surface area contributed by atoms with Gasteiger partial charge in [0, 0.05) is 6.42 Å². The molecule has 0 aromatic carbocycles. The average Bonchev–Trinajstić information content (AvgIpc) is 2.63. The molecule has 114 valence electrons. The molecule has 2 rings (SSSR count). The van der Waals surface area contributed by atoms with E-state index in [4.69, 9.17) is 0 Å². The summed E-state index contributed by atoms with van der Waals surface area (Å²) in [6.07, 6.45) is 15.1. The van der Waals surface area contributed by atoms with E-state index in [1.807, 2.05) is 0 Å². The molecule has 0 radical (unpaired) electrons. The normalized spacial score (nSPS) is 28.7. The Morgan fingerprint density at radius 2 is 1.25 bits per heavy atom. The van der Waals surface area contributed by atoms with Gasteiger partial charge in [-0.3, -0.25) is 4.79 Å². The average molecular weight is 297 g/mol. The third kappa shape index (κ3) is 4.91. The molecule has 1 atom stereocenters. The minimum atomic E-state index is -0.260. The Morgan fingerprint density at radius 3 is 1.95 bits per heavy atom. The van der Waals surface area contributed by atoms with Crippen molar-refractivity contribution in [2.75, 3.05) is 5.75 Å². The highest BCUT2D eigenvalue weighted by molar-refractivity contribution is 8.13. The fourth-order valence-electron chi connectivity index (χ4n) is 3.44. The standard InChI is InChI=1S/C17H29O2S/c18-16-13-9-5-6-10-14-20(17(16)19)15-11-7-3-1-2-4-8-12-15/h15H,1-14H2/q+1. The molecule has 1 aliphatic carbocycles. The van der Waals surface area contributed by atoms with E-state index in [0.29, 0.717) is 11.7 Å². The molecular formula is C17H29O2S+. The van der Waals surface area contributed by atoms with Gasteiger partial charge >= 0.3 is 5.12 Å². The van der Waals surface area contributed by atoms with E-state index < -0.39 is 0 Å².